The average Bonchev–Trinajstić information content (AvgIpc) is 2.64. The fourth-order valence-corrected chi connectivity index (χ4v) is 5.57. The Labute approximate surface area is 177 Å². The molecule has 0 spiro atoms. The number of carbonyl (C=O) groups excluding carboxylic acids is 1. The number of amides is 2. The highest BCUT2D eigenvalue weighted by molar-refractivity contribution is 6.60. The second kappa shape index (κ2) is 11.2. The summed E-state index contributed by atoms with van der Waals surface area (Å²) in [5, 5.41) is 0. The molecule has 2 N–H and O–H groups in total. The van der Waals surface area contributed by atoms with Gasteiger partial charge in [-0.05, 0) is 45.4 Å². The number of hydrogen-bond acceptors (Lipinski definition) is 4. The minimum atomic E-state index is -5.13. The Morgan fingerprint density at radius 3 is 1.87 bits per heavy atom. The number of anilines is 1. The van der Waals surface area contributed by atoms with Gasteiger partial charge in [-0.3, -0.25) is 4.90 Å². The van der Waals surface area contributed by atoms with Crippen LogP contribution in [0.15, 0.2) is 18.2 Å². The number of rotatable bonds is 11. The van der Waals surface area contributed by atoms with E-state index in [9.17, 15) is 31.1 Å². The second-order valence-corrected chi connectivity index (χ2v) is 9.03. The molecule has 0 saturated carbocycles. The van der Waals surface area contributed by atoms with Crippen molar-refractivity contribution in [3.63, 3.8) is 0 Å². The molecule has 1 rings (SSSR count). The van der Waals surface area contributed by atoms with Gasteiger partial charge in [0.15, 0.2) is 0 Å². The van der Waals surface area contributed by atoms with Crippen LogP contribution in [0.25, 0.3) is 0 Å². The number of nitrogens with zero attached hydrogens (tertiary/aromatic N) is 1. The summed E-state index contributed by atoms with van der Waals surface area (Å²) in [6.45, 7) is 5.73. The summed E-state index contributed by atoms with van der Waals surface area (Å²) in [5.74, 6) is 0. The first-order valence-corrected chi connectivity index (χ1v) is 11.5. The molecule has 2 amide bonds. The van der Waals surface area contributed by atoms with E-state index in [-0.39, 0.29) is 44.9 Å². The SMILES string of the molecule is CCO[Si](CCCN(C(N)=O)c1ccc(C(F)(F)F)cc1C(F)(F)F)(OCC)OCC. The van der Waals surface area contributed by atoms with Crippen molar-refractivity contribution >= 4 is 20.5 Å². The highest BCUT2D eigenvalue weighted by Crippen LogP contribution is 2.40. The van der Waals surface area contributed by atoms with Gasteiger partial charge in [0.2, 0.25) is 0 Å². The van der Waals surface area contributed by atoms with Crippen molar-refractivity contribution in [1.82, 2.24) is 0 Å². The van der Waals surface area contributed by atoms with Crippen LogP contribution in [0.1, 0.15) is 38.3 Å². The van der Waals surface area contributed by atoms with E-state index in [0.717, 1.165) is 0 Å². The maximum atomic E-state index is 13.5. The average molecular weight is 476 g/mol. The maximum Gasteiger partial charge on any atom is 0.500 e. The van der Waals surface area contributed by atoms with Crippen LogP contribution in [0.3, 0.4) is 0 Å². The van der Waals surface area contributed by atoms with Gasteiger partial charge >= 0.3 is 27.2 Å². The van der Waals surface area contributed by atoms with E-state index in [4.69, 9.17) is 19.0 Å². The van der Waals surface area contributed by atoms with Crippen LogP contribution in [0.5, 0.6) is 0 Å². The number of halogens is 6. The first-order chi connectivity index (χ1) is 14.3. The van der Waals surface area contributed by atoms with Crippen LogP contribution in [0.2, 0.25) is 6.04 Å². The number of benzene rings is 1. The molecule has 0 unspecified atom stereocenters. The summed E-state index contributed by atoms with van der Waals surface area (Å²) in [6, 6.07) is -0.0321. The molecule has 6 nitrogen and oxygen atoms in total. The number of hydrogen-bond donors (Lipinski definition) is 1. The van der Waals surface area contributed by atoms with Crippen LogP contribution in [0.4, 0.5) is 36.8 Å². The summed E-state index contributed by atoms with van der Waals surface area (Å²) in [4.78, 5) is 12.5. The molecule has 0 aromatic heterocycles. The minimum Gasteiger partial charge on any atom is -0.374 e. The van der Waals surface area contributed by atoms with Crippen LogP contribution in [0, 0.1) is 0 Å². The van der Waals surface area contributed by atoms with Gasteiger partial charge in [-0.15, -0.1) is 0 Å². The molecule has 0 radical (unpaired) electrons. The molecule has 0 bridgehead atoms. The van der Waals surface area contributed by atoms with Gasteiger partial charge in [-0.2, -0.15) is 26.3 Å². The Balaban J connectivity index is 3.21. The summed E-state index contributed by atoms with van der Waals surface area (Å²) in [7, 11) is -3.13. The number of primary amides is 1. The predicted octanol–water partition coefficient (Wildman–Crippen LogP) is 5.05. The Kier molecular flexibility index (Phi) is 9.79. The Bertz CT molecular complexity index is 713. The Morgan fingerprint density at radius 2 is 1.48 bits per heavy atom. The van der Waals surface area contributed by atoms with Gasteiger partial charge in [0.1, 0.15) is 0 Å². The van der Waals surface area contributed by atoms with Crippen LogP contribution < -0.4 is 10.6 Å². The summed E-state index contributed by atoms with van der Waals surface area (Å²) in [6.07, 6.45) is -10.0. The van der Waals surface area contributed by atoms with Crippen molar-refractivity contribution < 1.29 is 44.4 Å². The molecule has 0 aliphatic carbocycles. The lowest BCUT2D eigenvalue weighted by Crippen LogP contribution is -2.47. The van der Waals surface area contributed by atoms with Gasteiger partial charge in [0.05, 0.1) is 16.8 Å². The smallest absolute Gasteiger partial charge is 0.374 e. The zero-order chi connectivity index (χ0) is 23.9. The standard InChI is InChI=1S/C18H26F6N2O4Si/c1-4-28-31(29-5-2,30-6-3)11-7-10-26(16(25)27)15-9-8-13(17(19,20)21)12-14(15)18(22,23)24/h8-9,12H,4-7,10-11H2,1-3H3,(H2,25,27). The van der Waals surface area contributed by atoms with Gasteiger partial charge in [-0.1, -0.05) is 0 Å². The summed E-state index contributed by atoms with van der Waals surface area (Å²) < 4.78 is 96.0. The molecule has 1 aromatic rings. The molecule has 0 aliphatic heterocycles. The van der Waals surface area contributed by atoms with Crippen molar-refractivity contribution in [2.45, 2.75) is 45.6 Å². The lowest BCUT2D eigenvalue weighted by atomic mass is 10.1. The number of alkyl halides is 6. The monoisotopic (exact) mass is 476 g/mol. The number of carbonyl (C=O) groups is 1. The molecular formula is C18H26F6N2O4Si. The summed E-state index contributed by atoms with van der Waals surface area (Å²) in [5.41, 5.74) is 1.40. The molecule has 178 valence electrons. The Hall–Kier alpha value is -1.83. The van der Waals surface area contributed by atoms with Gasteiger partial charge < -0.3 is 19.0 Å². The minimum absolute atomic E-state index is 0.0368. The summed E-state index contributed by atoms with van der Waals surface area (Å²) >= 11 is 0. The zero-order valence-corrected chi connectivity index (χ0v) is 18.4. The van der Waals surface area contributed by atoms with Crippen LogP contribution >= 0.6 is 0 Å². The molecule has 0 fully saturated rings. The molecule has 0 atom stereocenters. The first kappa shape index (κ1) is 27.2. The van der Waals surface area contributed by atoms with Crippen molar-refractivity contribution in [3.8, 4) is 0 Å². The second-order valence-electron chi connectivity index (χ2n) is 6.30. The molecule has 13 heteroatoms. The van der Waals surface area contributed by atoms with Crippen molar-refractivity contribution in [2.24, 2.45) is 5.73 Å². The lowest BCUT2D eigenvalue weighted by molar-refractivity contribution is -0.142. The molecule has 31 heavy (non-hydrogen) atoms. The normalized spacial score (nSPS) is 12.8. The van der Waals surface area contributed by atoms with Crippen LogP contribution in [-0.2, 0) is 25.6 Å². The fourth-order valence-electron chi connectivity index (χ4n) is 2.98. The first-order valence-electron chi connectivity index (χ1n) is 9.58. The van der Waals surface area contributed by atoms with Crippen molar-refractivity contribution in [3.05, 3.63) is 29.3 Å². The van der Waals surface area contributed by atoms with E-state index in [0.29, 0.717) is 17.0 Å². The highest BCUT2D eigenvalue weighted by Gasteiger charge is 2.42. The number of nitrogens with two attached hydrogens (primary N) is 1. The zero-order valence-electron chi connectivity index (χ0n) is 17.4. The van der Waals surface area contributed by atoms with E-state index >= 15 is 0 Å². The quantitative estimate of drug-likeness (QED) is 0.358. The molecular weight excluding hydrogens is 450 g/mol. The topological polar surface area (TPSA) is 74.0 Å². The third-order valence-corrected chi connectivity index (χ3v) is 7.29. The third kappa shape index (κ3) is 7.66. The van der Waals surface area contributed by atoms with Crippen molar-refractivity contribution in [2.75, 3.05) is 31.3 Å². The lowest BCUT2D eigenvalue weighted by Gasteiger charge is -2.30. The van der Waals surface area contributed by atoms with Crippen molar-refractivity contribution in [1.29, 1.82) is 0 Å². The predicted molar refractivity (Wildman–Crippen MR) is 103 cm³/mol. The van der Waals surface area contributed by atoms with E-state index in [1.807, 2.05) is 0 Å². The van der Waals surface area contributed by atoms with E-state index in [2.05, 4.69) is 0 Å². The molecule has 1 aromatic carbocycles. The van der Waals surface area contributed by atoms with Gasteiger partial charge in [0.25, 0.3) is 0 Å². The molecule has 0 heterocycles. The highest BCUT2D eigenvalue weighted by atomic mass is 28.4. The van der Waals surface area contributed by atoms with Gasteiger partial charge in [0, 0.05) is 32.4 Å². The van der Waals surface area contributed by atoms with Gasteiger partial charge in [-0.25, -0.2) is 4.79 Å². The third-order valence-electron chi connectivity index (χ3n) is 4.14. The number of urea groups is 1. The Morgan fingerprint density at radius 1 is 0.968 bits per heavy atom. The molecule has 0 saturated heterocycles. The maximum absolute atomic E-state index is 13.5. The van der Waals surface area contributed by atoms with E-state index in [1.54, 1.807) is 20.8 Å². The fraction of sp³-hybridized carbons (Fsp3) is 0.611. The van der Waals surface area contributed by atoms with E-state index < -0.39 is 44.0 Å². The van der Waals surface area contributed by atoms with Crippen LogP contribution in [-0.4, -0.2) is 41.2 Å². The van der Waals surface area contributed by atoms with E-state index in [1.165, 1.54) is 0 Å². The molecule has 0 aliphatic rings. The largest absolute Gasteiger partial charge is 0.500 e.